The van der Waals surface area contributed by atoms with Gasteiger partial charge < -0.3 is 5.11 Å². The number of fused-ring (bicyclic) bond motifs is 1. The first-order valence-electron chi connectivity index (χ1n) is 8.58. The molecule has 0 aromatic carbocycles. The molecule has 2 aromatic heterocycles. The van der Waals surface area contributed by atoms with Crippen LogP contribution in [0.25, 0.3) is 11.4 Å². The van der Waals surface area contributed by atoms with Crippen LogP contribution in [0.4, 0.5) is 13.2 Å². The van der Waals surface area contributed by atoms with Crippen molar-refractivity contribution in [2.24, 2.45) is 11.8 Å². The van der Waals surface area contributed by atoms with Crippen molar-refractivity contribution >= 4 is 0 Å². The van der Waals surface area contributed by atoms with Gasteiger partial charge in [0.2, 0.25) is 0 Å². The van der Waals surface area contributed by atoms with Crippen molar-refractivity contribution in [3.05, 3.63) is 35.7 Å². The summed E-state index contributed by atoms with van der Waals surface area (Å²) in [5.74, 6) is 1.27. The van der Waals surface area contributed by atoms with Gasteiger partial charge in [-0.05, 0) is 56.7 Å². The highest BCUT2D eigenvalue weighted by Gasteiger charge is 2.57. The second-order valence-electron chi connectivity index (χ2n) is 7.38. The van der Waals surface area contributed by atoms with Crippen molar-refractivity contribution in [1.29, 1.82) is 0 Å². The van der Waals surface area contributed by atoms with Crippen LogP contribution in [0.2, 0.25) is 0 Å². The van der Waals surface area contributed by atoms with E-state index in [0.29, 0.717) is 23.4 Å². The molecule has 0 spiro atoms. The lowest BCUT2D eigenvalue weighted by atomic mass is 10.1. The molecule has 0 saturated heterocycles. The Bertz CT molecular complexity index is 787. The molecule has 0 radical (unpaired) electrons. The number of aliphatic hydroxyl groups excluding tert-OH is 1. The van der Waals surface area contributed by atoms with Crippen LogP contribution in [0.1, 0.15) is 50.0 Å². The summed E-state index contributed by atoms with van der Waals surface area (Å²) in [6.07, 6.45) is -3.08. The Morgan fingerprint density at radius 1 is 1.16 bits per heavy atom. The lowest BCUT2D eigenvalue weighted by molar-refractivity contribution is -0.141. The summed E-state index contributed by atoms with van der Waals surface area (Å²) in [4.78, 5) is 3.75. The molecule has 2 saturated carbocycles. The SMILES string of the molecule is CC(C)n1nc(-c2cccc(C(F)(F)F)n2)cc1[C@H]1[C@@H]2CC(O)C[C@@H]21. The summed E-state index contributed by atoms with van der Waals surface area (Å²) in [6.45, 7) is 4.01. The third kappa shape index (κ3) is 2.84. The Kier molecular flexibility index (Phi) is 3.68. The molecule has 7 heteroatoms. The summed E-state index contributed by atoms with van der Waals surface area (Å²) < 4.78 is 40.6. The minimum absolute atomic E-state index is 0.112. The van der Waals surface area contributed by atoms with Gasteiger partial charge in [-0.2, -0.15) is 18.3 Å². The van der Waals surface area contributed by atoms with Gasteiger partial charge >= 0.3 is 6.18 Å². The number of aromatic nitrogens is 3. The van der Waals surface area contributed by atoms with Gasteiger partial charge in [-0.1, -0.05) is 6.07 Å². The number of halogens is 3. The van der Waals surface area contributed by atoms with Crippen molar-refractivity contribution < 1.29 is 18.3 Å². The largest absolute Gasteiger partial charge is 0.433 e. The number of nitrogens with zero attached hydrogens (tertiary/aromatic N) is 3. The second kappa shape index (κ2) is 5.56. The number of hydrogen-bond acceptors (Lipinski definition) is 3. The predicted molar refractivity (Wildman–Crippen MR) is 85.8 cm³/mol. The molecule has 0 amide bonds. The van der Waals surface area contributed by atoms with Crippen molar-refractivity contribution in [2.45, 2.75) is 50.9 Å². The summed E-state index contributed by atoms with van der Waals surface area (Å²) in [6, 6.07) is 5.88. The van der Waals surface area contributed by atoms with E-state index < -0.39 is 11.9 Å². The van der Waals surface area contributed by atoms with Gasteiger partial charge in [0.1, 0.15) is 11.4 Å². The van der Waals surface area contributed by atoms with Crippen LogP contribution in [-0.4, -0.2) is 26.0 Å². The molecule has 2 aliphatic carbocycles. The van der Waals surface area contributed by atoms with Crippen LogP contribution in [0.3, 0.4) is 0 Å². The Morgan fingerprint density at radius 2 is 1.84 bits per heavy atom. The highest BCUT2D eigenvalue weighted by Crippen LogP contribution is 2.63. The highest BCUT2D eigenvalue weighted by molar-refractivity contribution is 5.55. The molecular formula is C18H20F3N3O. The molecular weight excluding hydrogens is 331 g/mol. The lowest BCUT2D eigenvalue weighted by Crippen LogP contribution is -2.11. The molecule has 4 rings (SSSR count). The van der Waals surface area contributed by atoms with E-state index in [-0.39, 0.29) is 17.8 Å². The standard InChI is InChI=1S/C18H20F3N3O/c1-9(2)24-15(17-11-6-10(25)7-12(11)17)8-14(23-24)13-4-3-5-16(22-13)18(19,20)21/h3-5,8-12,17,25H,6-7H2,1-2H3/t10?,11-,12+,17+. The molecule has 134 valence electrons. The number of rotatable bonds is 3. The molecule has 2 aromatic rings. The zero-order chi connectivity index (χ0) is 17.9. The van der Waals surface area contributed by atoms with E-state index in [4.69, 9.17) is 0 Å². The van der Waals surface area contributed by atoms with Gasteiger partial charge in [0.25, 0.3) is 0 Å². The molecule has 1 N–H and O–H groups in total. The molecule has 4 atom stereocenters. The molecule has 2 aliphatic rings. The van der Waals surface area contributed by atoms with Crippen LogP contribution < -0.4 is 0 Å². The summed E-state index contributed by atoms with van der Waals surface area (Å²) in [7, 11) is 0. The van der Waals surface area contributed by atoms with Crippen LogP contribution >= 0.6 is 0 Å². The molecule has 2 heterocycles. The molecule has 1 unspecified atom stereocenters. The fraction of sp³-hybridized carbons (Fsp3) is 0.556. The van der Waals surface area contributed by atoms with E-state index in [2.05, 4.69) is 10.1 Å². The highest BCUT2D eigenvalue weighted by atomic mass is 19.4. The van der Waals surface area contributed by atoms with Gasteiger partial charge in [0.05, 0.1) is 11.8 Å². The average Bonchev–Trinajstić information content (AvgIpc) is 2.90. The molecule has 4 nitrogen and oxygen atoms in total. The smallest absolute Gasteiger partial charge is 0.393 e. The zero-order valence-electron chi connectivity index (χ0n) is 14.0. The first-order valence-corrected chi connectivity index (χ1v) is 8.58. The Morgan fingerprint density at radius 3 is 2.44 bits per heavy atom. The number of pyridine rings is 1. The molecule has 25 heavy (non-hydrogen) atoms. The minimum atomic E-state index is -4.47. The molecule has 2 fully saturated rings. The van der Waals surface area contributed by atoms with Crippen molar-refractivity contribution in [1.82, 2.24) is 14.8 Å². The van der Waals surface area contributed by atoms with Gasteiger partial charge in [0.15, 0.2) is 0 Å². The van der Waals surface area contributed by atoms with Crippen LogP contribution in [-0.2, 0) is 6.18 Å². The summed E-state index contributed by atoms with van der Waals surface area (Å²) >= 11 is 0. The van der Waals surface area contributed by atoms with E-state index in [1.54, 1.807) is 6.07 Å². The first-order chi connectivity index (χ1) is 11.8. The monoisotopic (exact) mass is 351 g/mol. The minimum Gasteiger partial charge on any atom is -0.393 e. The fourth-order valence-electron chi connectivity index (χ4n) is 4.18. The summed E-state index contributed by atoms with van der Waals surface area (Å²) in [5.41, 5.74) is 0.852. The van der Waals surface area contributed by atoms with Gasteiger partial charge in [0, 0.05) is 17.7 Å². The van der Waals surface area contributed by atoms with Gasteiger partial charge in [-0.25, -0.2) is 4.98 Å². The van der Waals surface area contributed by atoms with E-state index >= 15 is 0 Å². The van der Waals surface area contributed by atoms with Gasteiger partial charge in [-0.15, -0.1) is 0 Å². The maximum absolute atomic E-state index is 12.9. The van der Waals surface area contributed by atoms with Crippen LogP contribution in [0.5, 0.6) is 0 Å². The predicted octanol–water partition coefficient (Wildman–Crippen LogP) is 4.03. The summed E-state index contributed by atoms with van der Waals surface area (Å²) in [5, 5.41) is 14.3. The number of aliphatic hydroxyl groups is 1. The van der Waals surface area contributed by atoms with E-state index in [9.17, 15) is 18.3 Å². The third-order valence-corrected chi connectivity index (χ3v) is 5.32. The van der Waals surface area contributed by atoms with Crippen molar-refractivity contribution in [3.8, 4) is 11.4 Å². The Hall–Kier alpha value is -1.89. The fourth-order valence-corrected chi connectivity index (χ4v) is 4.18. The molecule has 0 aliphatic heterocycles. The maximum atomic E-state index is 12.9. The van der Waals surface area contributed by atoms with E-state index in [0.717, 1.165) is 24.6 Å². The van der Waals surface area contributed by atoms with Gasteiger partial charge in [-0.3, -0.25) is 4.68 Å². The van der Waals surface area contributed by atoms with E-state index in [1.165, 1.54) is 6.07 Å². The average molecular weight is 351 g/mol. The van der Waals surface area contributed by atoms with Crippen LogP contribution in [0.15, 0.2) is 24.3 Å². The quantitative estimate of drug-likeness (QED) is 0.908. The first kappa shape index (κ1) is 16.6. The zero-order valence-corrected chi connectivity index (χ0v) is 14.0. The third-order valence-electron chi connectivity index (χ3n) is 5.32. The van der Waals surface area contributed by atoms with E-state index in [1.807, 2.05) is 24.6 Å². The Labute approximate surface area is 143 Å². The van der Waals surface area contributed by atoms with Crippen LogP contribution in [0, 0.1) is 11.8 Å². The normalized spacial score (nSPS) is 28.4. The Balaban J connectivity index is 1.69. The topological polar surface area (TPSA) is 50.9 Å². The maximum Gasteiger partial charge on any atom is 0.433 e. The second-order valence-corrected chi connectivity index (χ2v) is 7.38. The van der Waals surface area contributed by atoms with Crippen molar-refractivity contribution in [3.63, 3.8) is 0 Å². The van der Waals surface area contributed by atoms with Crippen molar-refractivity contribution in [2.75, 3.05) is 0 Å². The molecule has 0 bridgehead atoms. The lowest BCUT2D eigenvalue weighted by Gasteiger charge is -2.13. The number of hydrogen-bond donors (Lipinski definition) is 1. The number of alkyl halides is 3.